The fraction of sp³-hybridized carbons (Fsp3) is 0.409. The van der Waals surface area contributed by atoms with Crippen LogP contribution in [0.5, 0.6) is 17.2 Å². The highest BCUT2D eigenvalue weighted by Gasteiger charge is 2.11. The molecule has 0 bridgehead atoms. The lowest BCUT2D eigenvalue weighted by molar-refractivity contribution is -0.0504. The van der Waals surface area contributed by atoms with Gasteiger partial charge in [-0.2, -0.15) is 8.78 Å². The first-order valence-corrected chi connectivity index (χ1v) is 9.93. The van der Waals surface area contributed by atoms with E-state index in [1.165, 1.54) is 6.07 Å². The zero-order chi connectivity index (χ0) is 22.6. The predicted octanol–water partition coefficient (Wildman–Crippen LogP) is 3.85. The minimum atomic E-state index is -2.89. The van der Waals surface area contributed by atoms with Gasteiger partial charge in [0.05, 0.1) is 20.3 Å². The quantitative estimate of drug-likeness (QED) is 0.218. The summed E-state index contributed by atoms with van der Waals surface area (Å²) in [7, 11) is 1.54. The summed E-state index contributed by atoms with van der Waals surface area (Å²) in [6, 6.07) is 10.5. The number of hydrogen-bond donors (Lipinski definition) is 3. The Morgan fingerprint density at radius 3 is 2.50 bits per heavy atom. The van der Waals surface area contributed by atoms with E-state index in [0.717, 1.165) is 11.1 Å². The number of aliphatic hydroxyl groups is 1. The Labute approximate surface area is 204 Å². The van der Waals surface area contributed by atoms with Gasteiger partial charge in [-0.3, -0.25) is 0 Å². The van der Waals surface area contributed by atoms with Crippen LogP contribution in [0.2, 0.25) is 0 Å². The van der Waals surface area contributed by atoms with Crippen molar-refractivity contribution in [2.24, 2.45) is 4.99 Å². The standard InChI is InChI=1S/C22H29F2N3O4.HI/c1-4-25-22(27-14-17-11-15(2)5-7-18(17)31-21(23)24)26-13-16-6-8-19(30-10-9-28)20(12-16)29-3;/h5-8,11-12,21,28H,4,9-10,13-14H2,1-3H3,(H2,25,26,27);1H. The number of halogens is 3. The number of methoxy groups -OCH3 is 1. The molecule has 0 heterocycles. The van der Waals surface area contributed by atoms with E-state index >= 15 is 0 Å². The molecule has 0 aliphatic heterocycles. The van der Waals surface area contributed by atoms with Crippen molar-refractivity contribution in [1.29, 1.82) is 0 Å². The topological polar surface area (TPSA) is 84.3 Å². The normalized spacial score (nSPS) is 11.0. The van der Waals surface area contributed by atoms with Crippen molar-refractivity contribution in [3.63, 3.8) is 0 Å². The number of guanidine groups is 1. The summed E-state index contributed by atoms with van der Waals surface area (Å²) in [5.41, 5.74) is 2.44. The van der Waals surface area contributed by atoms with Crippen LogP contribution in [0.4, 0.5) is 8.78 Å². The summed E-state index contributed by atoms with van der Waals surface area (Å²) in [5.74, 6) is 1.76. The summed E-state index contributed by atoms with van der Waals surface area (Å²) in [6.07, 6.45) is 0. The Balaban J connectivity index is 0.00000512. The molecule has 0 saturated carbocycles. The van der Waals surface area contributed by atoms with Gasteiger partial charge in [0.1, 0.15) is 12.4 Å². The van der Waals surface area contributed by atoms with Gasteiger partial charge in [-0.05, 0) is 37.6 Å². The molecule has 2 aromatic carbocycles. The summed E-state index contributed by atoms with van der Waals surface area (Å²) < 4.78 is 40.7. The average molecular weight is 565 g/mol. The van der Waals surface area contributed by atoms with Crippen molar-refractivity contribution in [2.45, 2.75) is 33.5 Å². The molecule has 3 N–H and O–H groups in total. The molecule has 0 fully saturated rings. The van der Waals surface area contributed by atoms with Crippen LogP contribution in [0.15, 0.2) is 41.4 Å². The lowest BCUT2D eigenvalue weighted by atomic mass is 10.1. The third-order valence-corrected chi connectivity index (χ3v) is 4.22. The second-order valence-electron chi connectivity index (χ2n) is 6.60. The van der Waals surface area contributed by atoms with Crippen molar-refractivity contribution >= 4 is 29.9 Å². The summed E-state index contributed by atoms with van der Waals surface area (Å²) in [5, 5.41) is 15.2. The van der Waals surface area contributed by atoms with E-state index in [4.69, 9.17) is 14.6 Å². The molecular formula is C22H30F2IN3O4. The number of nitrogens with zero attached hydrogens (tertiary/aromatic N) is 1. The first-order chi connectivity index (χ1) is 15.0. The van der Waals surface area contributed by atoms with Crippen LogP contribution in [0.3, 0.4) is 0 Å². The number of aliphatic imine (C=N–C) groups is 1. The lowest BCUT2D eigenvalue weighted by Crippen LogP contribution is -2.36. The maximum atomic E-state index is 12.7. The molecule has 2 rings (SSSR count). The van der Waals surface area contributed by atoms with Crippen molar-refractivity contribution in [2.75, 3.05) is 26.9 Å². The first kappa shape index (κ1) is 27.7. The Morgan fingerprint density at radius 2 is 1.84 bits per heavy atom. The molecule has 0 spiro atoms. The first-order valence-electron chi connectivity index (χ1n) is 9.93. The van der Waals surface area contributed by atoms with Gasteiger partial charge < -0.3 is 30.0 Å². The van der Waals surface area contributed by atoms with Gasteiger partial charge >= 0.3 is 6.61 Å². The van der Waals surface area contributed by atoms with E-state index in [1.54, 1.807) is 25.3 Å². The van der Waals surface area contributed by atoms with E-state index in [2.05, 4.69) is 20.4 Å². The number of benzene rings is 2. The van der Waals surface area contributed by atoms with Crippen LogP contribution in [0.25, 0.3) is 0 Å². The zero-order valence-electron chi connectivity index (χ0n) is 18.4. The predicted molar refractivity (Wildman–Crippen MR) is 130 cm³/mol. The summed E-state index contributed by atoms with van der Waals surface area (Å²) in [4.78, 5) is 4.55. The van der Waals surface area contributed by atoms with Crippen LogP contribution < -0.4 is 24.8 Å². The Kier molecular flexibility index (Phi) is 12.7. The largest absolute Gasteiger partial charge is 0.493 e. The smallest absolute Gasteiger partial charge is 0.387 e. The lowest BCUT2D eigenvalue weighted by Gasteiger charge is -2.15. The van der Waals surface area contributed by atoms with Crippen molar-refractivity contribution in [3.05, 3.63) is 53.1 Å². The minimum Gasteiger partial charge on any atom is -0.493 e. The zero-order valence-corrected chi connectivity index (χ0v) is 20.7. The highest BCUT2D eigenvalue weighted by molar-refractivity contribution is 14.0. The number of nitrogens with one attached hydrogen (secondary N) is 2. The summed E-state index contributed by atoms with van der Waals surface area (Å²) in [6.45, 7) is 2.30. The third-order valence-electron chi connectivity index (χ3n) is 4.22. The van der Waals surface area contributed by atoms with Gasteiger partial charge in [0.25, 0.3) is 0 Å². The molecule has 0 radical (unpaired) electrons. The molecule has 178 valence electrons. The fourth-order valence-corrected chi connectivity index (χ4v) is 2.83. The fourth-order valence-electron chi connectivity index (χ4n) is 2.83. The second kappa shape index (κ2) is 14.7. The van der Waals surface area contributed by atoms with Crippen LogP contribution >= 0.6 is 24.0 Å². The van der Waals surface area contributed by atoms with E-state index in [0.29, 0.717) is 36.1 Å². The van der Waals surface area contributed by atoms with Gasteiger partial charge in [-0.15, -0.1) is 24.0 Å². The van der Waals surface area contributed by atoms with Crippen molar-refractivity contribution in [3.8, 4) is 17.2 Å². The highest BCUT2D eigenvalue weighted by Crippen LogP contribution is 2.28. The van der Waals surface area contributed by atoms with Crippen LogP contribution in [0, 0.1) is 6.92 Å². The molecule has 0 saturated heterocycles. The minimum absolute atomic E-state index is 0. The maximum Gasteiger partial charge on any atom is 0.387 e. The number of hydrogen-bond acceptors (Lipinski definition) is 5. The Bertz CT molecular complexity index is 869. The van der Waals surface area contributed by atoms with Crippen LogP contribution in [0.1, 0.15) is 23.6 Å². The highest BCUT2D eigenvalue weighted by atomic mass is 127. The Morgan fingerprint density at radius 1 is 1.09 bits per heavy atom. The average Bonchev–Trinajstić information content (AvgIpc) is 2.75. The molecule has 7 nitrogen and oxygen atoms in total. The molecule has 0 amide bonds. The molecule has 2 aromatic rings. The Hall–Kier alpha value is -2.34. The van der Waals surface area contributed by atoms with Gasteiger partial charge in [0.2, 0.25) is 0 Å². The number of aliphatic hydroxyl groups excluding tert-OH is 1. The van der Waals surface area contributed by atoms with Gasteiger partial charge in [0.15, 0.2) is 17.5 Å². The van der Waals surface area contributed by atoms with E-state index < -0.39 is 6.61 Å². The molecule has 0 aliphatic rings. The van der Waals surface area contributed by atoms with Crippen molar-refractivity contribution < 1.29 is 28.1 Å². The van der Waals surface area contributed by atoms with Gasteiger partial charge in [0, 0.05) is 18.7 Å². The monoisotopic (exact) mass is 565 g/mol. The van der Waals surface area contributed by atoms with Crippen molar-refractivity contribution in [1.82, 2.24) is 10.6 Å². The number of alkyl halides is 2. The van der Waals surface area contributed by atoms with E-state index in [1.807, 2.05) is 26.0 Å². The number of aryl methyl sites for hydroxylation is 1. The number of rotatable bonds is 11. The van der Waals surface area contributed by atoms with E-state index in [-0.39, 0.29) is 49.5 Å². The third kappa shape index (κ3) is 9.03. The van der Waals surface area contributed by atoms with Crippen LogP contribution in [-0.4, -0.2) is 44.5 Å². The van der Waals surface area contributed by atoms with Gasteiger partial charge in [-0.25, -0.2) is 4.99 Å². The second-order valence-corrected chi connectivity index (χ2v) is 6.60. The van der Waals surface area contributed by atoms with Crippen LogP contribution in [-0.2, 0) is 13.1 Å². The molecule has 32 heavy (non-hydrogen) atoms. The molecular weight excluding hydrogens is 535 g/mol. The van der Waals surface area contributed by atoms with Gasteiger partial charge in [-0.1, -0.05) is 23.8 Å². The molecule has 0 aliphatic carbocycles. The molecule has 0 atom stereocenters. The van der Waals surface area contributed by atoms with E-state index in [9.17, 15) is 8.78 Å². The molecule has 0 unspecified atom stereocenters. The summed E-state index contributed by atoms with van der Waals surface area (Å²) >= 11 is 0. The SMILES string of the molecule is CCNC(=NCc1ccc(OCCO)c(OC)c1)NCc1cc(C)ccc1OC(F)F.I. The maximum absolute atomic E-state index is 12.7. The molecule has 0 aromatic heterocycles. The molecule has 10 heteroatoms. The number of ether oxygens (including phenoxy) is 3.